The fraction of sp³-hybridized carbons (Fsp3) is 0.312. The van der Waals surface area contributed by atoms with Crippen LogP contribution in [0.15, 0.2) is 36.5 Å². The summed E-state index contributed by atoms with van der Waals surface area (Å²) < 4.78 is 24.9. The second-order valence-corrected chi connectivity index (χ2v) is 4.46. The van der Waals surface area contributed by atoms with E-state index in [-0.39, 0.29) is 17.6 Å². The van der Waals surface area contributed by atoms with Gasteiger partial charge in [-0.3, -0.25) is 0 Å². The SMILES string of the molecule is CCNC(c1cccnc1OC)c1cccc(OC)c1F. The lowest BCUT2D eigenvalue weighted by molar-refractivity contribution is 0.376. The van der Waals surface area contributed by atoms with E-state index < -0.39 is 0 Å². The van der Waals surface area contributed by atoms with Gasteiger partial charge in [-0.15, -0.1) is 0 Å². The molecule has 2 rings (SSSR count). The van der Waals surface area contributed by atoms with Crippen LogP contribution in [0.25, 0.3) is 0 Å². The number of pyridine rings is 1. The van der Waals surface area contributed by atoms with Gasteiger partial charge in [0.15, 0.2) is 11.6 Å². The summed E-state index contributed by atoms with van der Waals surface area (Å²) in [7, 11) is 3.01. The van der Waals surface area contributed by atoms with Crippen molar-refractivity contribution in [3.05, 3.63) is 53.5 Å². The smallest absolute Gasteiger partial charge is 0.218 e. The molecule has 5 heteroatoms. The Morgan fingerprint density at radius 3 is 2.57 bits per heavy atom. The van der Waals surface area contributed by atoms with Crippen LogP contribution in [0, 0.1) is 5.82 Å². The zero-order valence-corrected chi connectivity index (χ0v) is 12.4. The zero-order valence-electron chi connectivity index (χ0n) is 12.4. The Morgan fingerprint density at radius 1 is 1.14 bits per heavy atom. The first kappa shape index (κ1) is 15.3. The van der Waals surface area contributed by atoms with Crippen LogP contribution in [0.2, 0.25) is 0 Å². The van der Waals surface area contributed by atoms with E-state index in [1.165, 1.54) is 7.11 Å². The molecule has 1 heterocycles. The minimum atomic E-state index is -0.378. The monoisotopic (exact) mass is 290 g/mol. The summed E-state index contributed by atoms with van der Waals surface area (Å²) in [6, 6.07) is 8.43. The molecule has 0 saturated heterocycles. The van der Waals surface area contributed by atoms with Gasteiger partial charge in [-0.25, -0.2) is 9.37 Å². The van der Waals surface area contributed by atoms with Gasteiger partial charge in [-0.2, -0.15) is 0 Å². The molecular formula is C16H19FN2O2. The maximum atomic E-state index is 14.5. The van der Waals surface area contributed by atoms with Gasteiger partial charge in [0.2, 0.25) is 5.88 Å². The molecule has 0 aliphatic carbocycles. The Labute approximate surface area is 123 Å². The average molecular weight is 290 g/mol. The Kier molecular flexibility index (Phi) is 5.11. The van der Waals surface area contributed by atoms with E-state index in [4.69, 9.17) is 9.47 Å². The molecule has 1 N–H and O–H groups in total. The van der Waals surface area contributed by atoms with Crippen LogP contribution in [0.1, 0.15) is 24.1 Å². The molecule has 0 bridgehead atoms. The minimum Gasteiger partial charge on any atom is -0.494 e. The van der Waals surface area contributed by atoms with Crippen molar-refractivity contribution in [3.8, 4) is 11.6 Å². The van der Waals surface area contributed by atoms with Crippen molar-refractivity contribution < 1.29 is 13.9 Å². The van der Waals surface area contributed by atoms with Crippen molar-refractivity contribution in [3.63, 3.8) is 0 Å². The number of ether oxygens (including phenoxy) is 2. The van der Waals surface area contributed by atoms with Crippen LogP contribution in [-0.2, 0) is 0 Å². The molecule has 0 saturated carbocycles. The highest BCUT2D eigenvalue weighted by molar-refractivity contribution is 5.41. The zero-order chi connectivity index (χ0) is 15.2. The molecule has 0 aliphatic heterocycles. The molecular weight excluding hydrogens is 271 g/mol. The van der Waals surface area contributed by atoms with Gasteiger partial charge in [0.05, 0.1) is 20.3 Å². The fourth-order valence-corrected chi connectivity index (χ4v) is 2.29. The molecule has 0 amide bonds. The molecule has 1 atom stereocenters. The number of methoxy groups -OCH3 is 2. The predicted molar refractivity (Wildman–Crippen MR) is 79.3 cm³/mol. The van der Waals surface area contributed by atoms with E-state index in [0.29, 0.717) is 18.0 Å². The lowest BCUT2D eigenvalue weighted by atomic mass is 9.98. The maximum Gasteiger partial charge on any atom is 0.218 e. The van der Waals surface area contributed by atoms with Gasteiger partial charge in [-0.1, -0.05) is 25.1 Å². The van der Waals surface area contributed by atoms with E-state index in [0.717, 1.165) is 5.56 Å². The van der Waals surface area contributed by atoms with E-state index in [2.05, 4.69) is 10.3 Å². The van der Waals surface area contributed by atoms with Crippen molar-refractivity contribution >= 4 is 0 Å². The summed E-state index contributed by atoms with van der Waals surface area (Å²) in [6.45, 7) is 2.65. The number of benzene rings is 1. The molecule has 1 aromatic heterocycles. The van der Waals surface area contributed by atoms with Crippen LogP contribution in [-0.4, -0.2) is 25.7 Å². The maximum absolute atomic E-state index is 14.5. The number of halogens is 1. The highest BCUT2D eigenvalue weighted by atomic mass is 19.1. The summed E-state index contributed by atoms with van der Waals surface area (Å²) in [6.07, 6.45) is 1.65. The molecule has 1 aromatic carbocycles. The van der Waals surface area contributed by atoms with Crippen molar-refractivity contribution in [2.45, 2.75) is 13.0 Å². The van der Waals surface area contributed by atoms with Gasteiger partial charge in [-0.05, 0) is 18.7 Å². The second-order valence-electron chi connectivity index (χ2n) is 4.46. The molecule has 0 spiro atoms. The molecule has 4 nitrogen and oxygen atoms in total. The number of hydrogen-bond acceptors (Lipinski definition) is 4. The molecule has 0 aliphatic rings. The summed E-state index contributed by atoms with van der Waals surface area (Å²) >= 11 is 0. The number of aromatic nitrogens is 1. The summed E-state index contributed by atoms with van der Waals surface area (Å²) in [5, 5.41) is 3.27. The van der Waals surface area contributed by atoms with E-state index in [9.17, 15) is 4.39 Å². The van der Waals surface area contributed by atoms with Crippen LogP contribution >= 0.6 is 0 Å². The van der Waals surface area contributed by atoms with Gasteiger partial charge < -0.3 is 14.8 Å². The minimum absolute atomic E-state index is 0.221. The van der Waals surface area contributed by atoms with Crippen LogP contribution in [0.4, 0.5) is 4.39 Å². The lowest BCUT2D eigenvalue weighted by Gasteiger charge is -2.21. The molecule has 0 radical (unpaired) electrons. The largest absolute Gasteiger partial charge is 0.494 e. The number of rotatable bonds is 6. The Bertz CT molecular complexity index is 605. The second kappa shape index (κ2) is 7.04. The first-order valence-corrected chi connectivity index (χ1v) is 6.77. The first-order chi connectivity index (χ1) is 10.2. The summed E-state index contributed by atoms with van der Waals surface area (Å²) in [5.74, 6) is 0.320. The normalized spacial score (nSPS) is 12.0. The van der Waals surface area contributed by atoms with E-state index in [1.807, 2.05) is 13.0 Å². The summed E-state index contributed by atoms with van der Waals surface area (Å²) in [5.41, 5.74) is 1.29. The number of nitrogens with zero attached hydrogens (tertiary/aromatic N) is 1. The first-order valence-electron chi connectivity index (χ1n) is 6.77. The third-order valence-electron chi connectivity index (χ3n) is 3.24. The van der Waals surface area contributed by atoms with Crippen molar-refractivity contribution in [1.29, 1.82) is 0 Å². The molecule has 21 heavy (non-hydrogen) atoms. The van der Waals surface area contributed by atoms with Crippen molar-refractivity contribution in [2.24, 2.45) is 0 Å². The van der Waals surface area contributed by atoms with Gasteiger partial charge in [0.25, 0.3) is 0 Å². The van der Waals surface area contributed by atoms with Crippen LogP contribution in [0.3, 0.4) is 0 Å². The quantitative estimate of drug-likeness (QED) is 0.888. The van der Waals surface area contributed by atoms with Crippen LogP contribution < -0.4 is 14.8 Å². The topological polar surface area (TPSA) is 43.4 Å². The fourth-order valence-electron chi connectivity index (χ4n) is 2.29. The Hall–Kier alpha value is -2.14. The highest BCUT2D eigenvalue weighted by Crippen LogP contribution is 2.32. The molecule has 112 valence electrons. The van der Waals surface area contributed by atoms with Gasteiger partial charge in [0.1, 0.15) is 0 Å². The van der Waals surface area contributed by atoms with Crippen molar-refractivity contribution in [2.75, 3.05) is 20.8 Å². The highest BCUT2D eigenvalue weighted by Gasteiger charge is 2.22. The van der Waals surface area contributed by atoms with Crippen molar-refractivity contribution in [1.82, 2.24) is 10.3 Å². The Balaban J connectivity index is 2.53. The average Bonchev–Trinajstić information content (AvgIpc) is 2.53. The van der Waals surface area contributed by atoms with Gasteiger partial charge in [0, 0.05) is 17.3 Å². The van der Waals surface area contributed by atoms with E-state index in [1.54, 1.807) is 37.6 Å². The van der Waals surface area contributed by atoms with Gasteiger partial charge >= 0.3 is 0 Å². The molecule has 1 unspecified atom stereocenters. The third-order valence-corrected chi connectivity index (χ3v) is 3.24. The Morgan fingerprint density at radius 2 is 1.90 bits per heavy atom. The molecule has 2 aromatic rings. The lowest BCUT2D eigenvalue weighted by Crippen LogP contribution is -2.24. The standard InChI is InChI=1S/C16H19FN2O2/c1-4-18-15(12-8-6-10-19-16(12)21-3)11-7-5-9-13(20-2)14(11)17/h5-10,15,18H,4H2,1-3H3. The predicted octanol–water partition coefficient (Wildman–Crippen LogP) is 2.94. The molecule has 0 fully saturated rings. The van der Waals surface area contributed by atoms with E-state index >= 15 is 0 Å². The number of hydrogen-bond donors (Lipinski definition) is 1. The third kappa shape index (κ3) is 3.13. The number of nitrogens with one attached hydrogen (secondary N) is 1. The summed E-state index contributed by atoms with van der Waals surface area (Å²) in [4.78, 5) is 4.18. The van der Waals surface area contributed by atoms with Crippen LogP contribution in [0.5, 0.6) is 11.6 Å².